The van der Waals surface area contributed by atoms with E-state index in [9.17, 15) is 8.42 Å². The van der Waals surface area contributed by atoms with Crippen LogP contribution in [0.5, 0.6) is 0 Å². The van der Waals surface area contributed by atoms with Crippen LogP contribution in [0.4, 0.5) is 5.82 Å². The van der Waals surface area contributed by atoms with Gasteiger partial charge in [0.2, 0.25) is 0 Å². The highest BCUT2D eigenvalue weighted by molar-refractivity contribution is 7.90. The monoisotopic (exact) mass is 235 g/mol. The van der Waals surface area contributed by atoms with Crippen molar-refractivity contribution in [1.29, 1.82) is 0 Å². The minimum atomic E-state index is -3.38. The maximum atomic E-state index is 11.3. The number of nitrogen functional groups attached to an aromatic ring is 1. The Bertz CT molecular complexity index is 435. The summed E-state index contributed by atoms with van der Waals surface area (Å²) in [5.74, 6) is 0.388. The maximum Gasteiger partial charge on any atom is 0.180 e. The number of sulfone groups is 1. The third-order valence-corrected chi connectivity index (χ3v) is 3.08. The Morgan fingerprint density at radius 3 is 2.36 bits per heavy atom. The number of nitrogens with two attached hydrogens (primary N) is 1. The number of aromatic nitrogens is 2. The molecular weight excluding hydrogens is 226 g/mol. The van der Waals surface area contributed by atoms with Crippen LogP contribution in [0, 0.1) is 6.92 Å². The van der Waals surface area contributed by atoms with Crippen molar-refractivity contribution in [3.63, 3.8) is 0 Å². The molecule has 0 atom stereocenters. The lowest BCUT2D eigenvalue weighted by atomic mass is 10.4. The van der Waals surface area contributed by atoms with Gasteiger partial charge in [-0.1, -0.05) is 0 Å². The van der Waals surface area contributed by atoms with Gasteiger partial charge in [-0.15, -0.1) is 11.6 Å². The second kappa shape index (κ2) is 3.70. The first-order valence-electron chi connectivity index (χ1n) is 3.75. The highest BCUT2D eigenvalue weighted by atomic mass is 35.5. The van der Waals surface area contributed by atoms with E-state index in [1.165, 1.54) is 0 Å². The molecule has 78 valence electrons. The second-order valence-corrected chi connectivity index (χ2v) is 5.07. The highest BCUT2D eigenvalue weighted by Crippen LogP contribution is 2.19. The summed E-state index contributed by atoms with van der Waals surface area (Å²) in [5, 5.41) is 0. The van der Waals surface area contributed by atoms with Gasteiger partial charge in [0.1, 0.15) is 16.5 Å². The summed E-state index contributed by atoms with van der Waals surface area (Å²) in [6.45, 7) is 1.56. The number of anilines is 1. The average Bonchev–Trinajstić information content (AvgIpc) is 1.99. The van der Waals surface area contributed by atoms with Crippen LogP contribution >= 0.6 is 11.6 Å². The Hall–Kier alpha value is -0.880. The summed E-state index contributed by atoms with van der Waals surface area (Å²) >= 11 is 5.51. The Morgan fingerprint density at radius 1 is 1.43 bits per heavy atom. The minimum absolute atomic E-state index is 0.0219. The third-order valence-electron chi connectivity index (χ3n) is 1.60. The molecule has 0 saturated heterocycles. The Labute approximate surface area is 87.2 Å². The van der Waals surface area contributed by atoms with Gasteiger partial charge < -0.3 is 5.73 Å². The maximum absolute atomic E-state index is 11.3. The molecule has 1 heterocycles. The lowest BCUT2D eigenvalue weighted by Gasteiger charge is -2.06. The van der Waals surface area contributed by atoms with Crippen molar-refractivity contribution in [3.05, 3.63) is 11.5 Å². The summed E-state index contributed by atoms with van der Waals surface area (Å²) in [4.78, 5) is 7.67. The van der Waals surface area contributed by atoms with Crippen molar-refractivity contribution in [2.75, 3.05) is 12.0 Å². The summed E-state index contributed by atoms with van der Waals surface area (Å²) in [7, 11) is -3.38. The fourth-order valence-corrected chi connectivity index (χ4v) is 2.29. The number of nitrogens with zero attached hydrogens (tertiary/aromatic N) is 2. The van der Waals surface area contributed by atoms with E-state index in [2.05, 4.69) is 9.97 Å². The first kappa shape index (κ1) is 11.2. The van der Waals surface area contributed by atoms with Gasteiger partial charge in [-0.05, 0) is 6.92 Å². The molecule has 1 aromatic rings. The van der Waals surface area contributed by atoms with E-state index >= 15 is 0 Å². The van der Waals surface area contributed by atoms with Gasteiger partial charge in [0.25, 0.3) is 0 Å². The van der Waals surface area contributed by atoms with Crippen LogP contribution in [-0.2, 0) is 15.7 Å². The molecule has 0 radical (unpaired) electrons. The molecule has 0 bridgehead atoms. The minimum Gasteiger partial charge on any atom is -0.382 e. The zero-order valence-corrected chi connectivity index (χ0v) is 9.35. The van der Waals surface area contributed by atoms with E-state index in [4.69, 9.17) is 17.3 Å². The van der Waals surface area contributed by atoms with Crippen LogP contribution in [0.2, 0.25) is 0 Å². The zero-order valence-electron chi connectivity index (χ0n) is 7.78. The van der Waals surface area contributed by atoms with Crippen molar-refractivity contribution in [2.45, 2.75) is 17.7 Å². The molecule has 1 aromatic heterocycles. The van der Waals surface area contributed by atoms with Crippen LogP contribution < -0.4 is 5.73 Å². The number of aryl methyl sites for hydroxylation is 1. The molecule has 14 heavy (non-hydrogen) atoms. The molecular formula is C7H10ClN3O2S. The summed E-state index contributed by atoms with van der Waals surface area (Å²) in [5.41, 5.74) is 5.82. The number of hydrogen-bond acceptors (Lipinski definition) is 5. The summed E-state index contributed by atoms with van der Waals surface area (Å²) in [6, 6.07) is 0. The van der Waals surface area contributed by atoms with Crippen LogP contribution in [-0.4, -0.2) is 24.6 Å². The molecule has 0 spiro atoms. The van der Waals surface area contributed by atoms with Gasteiger partial charge in [0, 0.05) is 6.26 Å². The van der Waals surface area contributed by atoms with Crippen LogP contribution in [0.3, 0.4) is 0 Å². The van der Waals surface area contributed by atoms with E-state index < -0.39 is 9.84 Å². The topological polar surface area (TPSA) is 85.9 Å². The molecule has 1 rings (SSSR count). The molecule has 0 saturated carbocycles. The molecule has 0 unspecified atom stereocenters. The molecule has 5 nitrogen and oxygen atoms in total. The first-order valence-corrected chi connectivity index (χ1v) is 6.18. The van der Waals surface area contributed by atoms with Crippen LogP contribution in [0.25, 0.3) is 0 Å². The normalized spacial score (nSPS) is 11.6. The van der Waals surface area contributed by atoms with Crippen molar-refractivity contribution < 1.29 is 8.42 Å². The smallest absolute Gasteiger partial charge is 0.180 e. The third kappa shape index (κ3) is 2.13. The lowest BCUT2D eigenvalue weighted by molar-refractivity contribution is 0.600. The molecule has 2 N–H and O–H groups in total. The SMILES string of the molecule is Cc1nc(CCl)nc(N)c1S(C)(=O)=O. The average molecular weight is 236 g/mol. The molecule has 0 aliphatic heterocycles. The van der Waals surface area contributed by atoms with Gasteiger partial charge in [0.05, 0.1) is 11.6 Å². The van der Waals surface area contributed by atoms with Gasteiger partial charge in [0.15, 0.2) is 9.84 Å². The first-order chi connectivity index (χ1) is 6.36. The van der Waals surface area contributed by atoms with Crippen molar-refractivity contribution in [3.8, 4) is 0 Å². The molecule has 0 aromatic carbocycles. The van der Waals surface area contributed by atoms with E-state index in [1.54, 1.807) is 6.92 Å². The zero-order chi connectivity index (χ0) is 10.9. The quantitative estimate of drug-likeness (QED) is 0.755. The molecule has 7 heteroatoms. The fourth-order valence-electron chi connectivity index (χ4n) is 1.16. The summed E-state index contributed by atoms with van der Waals surface area (Å²) < 4.78 is 22.6. The van der Waals surface area contributed by atoms with E-state index in [0.29, 0.717) is 11.5 Å². The number of rotatable bonds is 2. The van der Waals surface area contributed by atoms with Gasteiger partial charge in [-0.2, -0.15) is 0 Å². The molecule has 0 aliphatic carbocycles. The van der Waals surface area contributed by atoms with E-state index in [1.807, 2.05) is 0 Å². The predicted molar refractivity (Wildman–Crippen MR) is 53.8 cm³/mol. The van der Waals surface area contributed by atoms with Crippen molar-refractivity contribution >= 4 is 27.3 Å². The molecule has 0 amide bonds. The largest absolute Gasteiger partial charge is 0.382 e. The Morgan fingerprint density at radius 2 is 2.00 bits per heavy atom. The Balaban J connectivity index is 3.48. The Kier molecular flexibility index (Phi) is 2.96. The number of alkyl halides is 1. The van der Waals surface area contributed by atoms with Gasteiger partial charge >= 0.3 is 0 Å². The number of halogens is 1. The predicted octanol–water partition coefficient (Wildman–Crippen LogP) is 0.510. The lowest BCUT2D eigenvalue weighted by Crippen LogP contribution is -2.10. The second-order valence-electron chi connectivity index (χ2n) is 2.85. The molecule has 0 aliphatic rings. The fraction of sp³-hybridized carbons (Fsp3) is 0.429. The van der Waals surface area contributed by atoms with Crippen LogP contribution in [0.15, 0.2) is 4.90 Å². The van der Waals surface area contributed by atoms with Crippen LogP contribution in [0.1, 0.15) is 11.5 Å². The summed E-state index contributed by atoms with van der Waals surface area (Å²) in [6.07, 6.45) is 1.06. The van der Waals surface area contributed by atoms with Crippen molar-refractivity contribution in [2.24, 2.45) is 0 Å². The van der Waals surface area contributed by atoms with Gasteiger partial charge in [-0.3, -0.25) is 0 Å². The van der Waals surface area contributed by atoms with Crippen molar-refractivity contribution in [1.82, 2.24) is 9.97 Å². The number of hydrogen-bond donors (Lipinski definition) is 1. The standard InChI is InChI=1S/C7H10ClN3O2S/c1-4-6(14(2,12)13)7(9)11-5(3-8)10-4/h3H2,1-2H3,(H2,9,10,11). The van der Waals surface area contributed by atoms with E-state index in [-0.39, 0.29) is 16.6 Å². The molecule has 0 fully saturated rings. The van der Waals surface area contributed by atoms with E-state index in [0.717, 1.165) is 6.26 Å². The highest BCUT2D eigenvalue weighted by Gasteiger charge is 2.18. The van der Waals surface area contributed by atoms with Gasteiger partial charge in [-0.25, -0.2) is 18.4 Å².